The van der Waals surface area contributed by atoms with E-state index >= 15 is 0 Å². The van der Waals surface area contributed by atoms with Gasteiger partial charge in [-0.3, -0.25) is 4.79 Å². The van der Waals surface area contributed by atoms with Crippen molar-refractivity contribution in [2.24, 2.45) is 5.73 Å². The van der Waals surface area contributed by atoms with Crippen LogP contribution in [-0.4, -0.2) is 74.2 Å². The van der Waals surface area contributed by atoms with Crippen LogP contribution in [0, 0.1) is 0 Å². The van der Waals surface area contributed by atoms with Gasteiger partial charge in [-0.15, -0.1) is 0 Å². The SMILES string of the molecule is COc1cc(Nc2ncc(C(N)=O)c(NC3CC3)n2)ccc1N1CCN(S(C)(=O)=O)CC1. The molecule has 2 fully saturated rings. The number of rotatable bonds is 8. The highest BCUT2D eigenvalue weighted by molar-refractivity contribution is 7.88. The van der Waals surface area contributed by atoms with Crippen LogP contribution in [0.4, 0.5) is 23.1 Å². The highest BCUT2D eigenvalue weighted by Crippen LogP contribution is 2.33. The van der Waals surface area contributed by atoms with Gasteiger partial charge in [0, 0.05) is 50.2 Å². The van der Waals surface area contributed by atoms with Crippen LogP contribution in [0.1, 0.15) is 23.2 Å². The number of primary amides is 1. The summed E-state index contributed by atoms with van der Waals surface area (Å²) in [6, 6.07) is 5.93. The lowest BCUT2D eigenvalue weighted by Crippen LogP contribution is -2.48. The first kappa shape index (κ1) is 22.1. The largest absolute Gasteiger partial charge is 0.495 e. The molecule has 0 unspecified atom stereocenters. The van der Waals surface area contributed by atoms with E-state index in [0.29, 0.717) is 55.4 Å². The molecule has 0 radical (unpaired) electrons. The Labute approximate surface area is 187 Å². The number of nitrogens with zero attached hydrogens (tertiary/aromatic N) is 4. The van der Waals surface area contributed by atoms with E-state index < -0.39 is 15.9 Å². The summed E-state index contributed by atoms with van der Waals surface area (Å²) in [7, 11) is -1.60. The zero-order chi connectivity index (χ0) is 22.9. The maximum atomic E-state index is 11.7. The summed E-state index contributed by atoms with van der Waals surface area (Å²) >= 11 is 0. The minimum atomic E-state index is -3.19. The van der Waals surface area contributed by atoms with Crippen LogP contribution in [0.25, 0.3) is 0 Å². The van der Waals surface area contributed by atoms with Crippen LogP contribution in [0.2, 0.25) is 0 Å². The van der Waals surface area contributed by atoms with Crippen molar-refractivity contribution in [3.8, 4) is 5.75 Å². The number of carbonyl (C=O) groups is 1. The number of nitrogens with two attached hydrogens (primary N) is 1. The maximum Gasteiger partial charge on any atom is 0.254 e. The maximum absolute atomic E-state index is 11.7. The smallest absolute Gasteiger partial charge is 0.254 e. The summed E-state index contributed by atoms with van der Waals surface area (Å²) in [6.45, 7) is 2.01. The number of benzene rings is 1. The van der Waals surface area contributed by atoms with Crippen LogP contribution in [-0.2, 0) is 10.0 Å². The molecule has 4 N–H and O–H groups in total. The van der Waals surface area contributed by atoms with E-state index in [1.54, 1.807) is 7.11 Å². The normalized spacial score (nSPS) is 17.1. The van der Waals surface area contributed by atoms with Gasteiger partial charge in [-0.1, -0.05) is 0 Å². The molecule has 1 aliphatic carbocycles. The van der Waals surface area contributed by atoms with Crippen molar-refractivity contribution in [1.29, 1.82) is 0 Å². The Morgan fingerprint density at radius 1 is 1.22 bits per heavy atom. The molecule has 1 aromatic carbocycles. The number of sulfonamides is 1. The van der Waals surface area contributed by atoms with Gasteiger partial charge in [0.05, 0.1) is 24.6 Å². The zero-order valence-electron chi connectivity index (χ0n) is 18.0. The lowest BCUT2D eigenvalue weighted by Gasteiger charge is -2.35. The number of anilines is 4. The first-order valence-electron chi connectivity index (χ1n) is 10.3. The molecule has 11 nitrogen and oxygen atoms in total. The number of ether oxygens (including phenoxy) is 1. The summed E-state index contributed by atoms with van der Waals surface area (Å²) in [5.74, 6) is 0.814. The van der Waals surface area contributed by atoms with E-state index in [-0.39, 0.29) is 5.56 Å². The quantitative estimate of drug-likeness (QED) is 0.524. The van der Waals surface area contributed by atoms with Gasteiger partial charge in [0.1, 0.15) is 11.6 Å². The second-order valence-corrected chi connectivity index (χ2v) is 9.88. The molecule has 0 spiro atoms. The van der Waals surface area contributed by atoms with Crippen LogP contribution in [0.15, 0.2) is 24.4 Å². The summed E-state index contributed by atoms with van der Waals surface area (Å²) in [4.78, 5) is 22.4. The third-order valence-corrected chi connectivity index (χ3v) is 6.76. The molecular weight excluding hydrogens is 434 g/mol. The van der Waals surface area contributed by atoms with Crippen LogP contribution < -0.4 is 26.0 Å². The summed E-state index contributed by atoms with van der Waals surface area (Å²) in [5.41, 5.74) is 7.28. The van der Waals surface area contributed by atoms with E-state index in [9.17, 15) is 13.2 Å². The molecule has 1 aliphatic heterocycles. The fourth-order valence-electron chi connectivity index (χ4n) is 3.56. The third kappa shape index (κ3) is 5.02. The minimum absolute atomic E-state index is 0.253. The number of nitrogens with one attached hydrogen (secondary N) is 2. The van der Waals surface area contributed by atoms with Gasteiger partial charge in [0.15, 0.2) is 0 Å². The van der Waals surface area contributed by atoms with Crippen molar-refractivity contribution in [3.63, 3.8) is 0 Å². The van der Waals surface area contributed by atoms with E-state index in [1.165, 1.54) is 16.8 Å². The first-order valence-corrected chi connectivity index (χ1v) is 12.2. The molecule has 4 rings (SSSR count). The predicted octanol–water partition coefficient (Wildman–Crippen LogP) is 0.984. The zero-order valence-corrected chi connectivity index (χ0v) is 18.9. The van der Waals surface area contributed by atoms with E-state index in [1.807, 2.05) is 18.2 Å². The molecular formula is C20H27N7O4S. The van der Waals surface area contributed by atoms with Crippen LogP contribution in [0.5, 0.6) is 5.75 Å². The monoisotopic (exact) mass is 461 g/mol. The van der Waals surface area contributed by atoms with Gasteiger partial charge < -0.3 is 26.0 Å². The lowest BCUT2D eigenvalue weighted by molar-refractivity contribution is 0.100. The van der Waals surface area contributed by atoms with Crippen molar-refractivity contribution in [2.75, 3.05) is 55.1 Å². The molecule has 0 atom stereocenters. The number of hydrogen-bond donors (Lipinski definition) is 3. The van der Waals surface area contributed by atoms with Gasteiger partial charge >= 0.3 is 0 Å². The summed E-state index contributed by atoms with van der Waals surface area (Å²) in [5, 5.41) is 6.35. The Hall–Kier alpha value is -3.12. The standard InChI is InChI=1S/C20H27N7O4S/c1-31-17-11-14(5-6-16(17)26-7-9-27(10-8-26)32(2,29)30)24-20-22-12-15(18(21)28)19(25-20)23-13-3-4-13/h5-6,11-13H,3-4,7-10H2,1-2H3,(H2,21,28)(H2,22,23,24,25). The number of aromatic nitrogens is 2. The number of carbonyl (C=O) groups excluding carboxylic acids is 1. The minimum Gasteiger partial charge on any atom is -0.495 e. The number of amides is 1. The highest BCUT2D eigenvalue weighted by atomic mass is 32.2. The predicted molar refractivity (Wildman–Crippen MR) is 122 cm³/mol. The Bertz CT molecular complexity index is 1110. The average Bonchev–Trinajstić information content (AvgIpc) is 3.57. The molecule has 2 aromatic rings. The molecule has 2 aliphatic rings. The molecule has 1 saturated carbocycles. The topological polar surface area (TPSA) is 143 Å². The second kappa shape index (κ2) is 8.79. The molecule has 1 saturated heterocycles. The van der Waals surface area contributed by atoms with Crippen molar-refractivity contribution in [1.82, 2.24) is 14.3 Å². The van der Waals surface area contributed by atoms with E-state index in [4.69, 9.17) is 10.5 Å². The van der Waals surface area contributed by atoms with Crippen molar-refractivity contribution < 1.29 is 17.9 Å². The van der Waals surface area contributed by atoms with Crippen molar-refractivity contribution in [2.45, 2.75) is 18.9 Å². The third-order valence-electron chi connectivity index (χ3n) is 5.46. The second-order valence-electron chi connectivity index (χ2n) is 7.90. The molecule has 0 bridgehead atoms. The van der Waals surface area contributed by atoms with Gasteiger partial charge in [-0.05, 0) is 25.0 Å². The van der Waals surface area contributed by atoms with E-state index in [2.05, 4.69) is 25.5 Å². The Morgan fingerprint density at radius 3 is 2.53 bits per heavy atom. The Balaban J connectivity index is 1.50. The van der Waals surface area contributed by atoms with E-state index in [0.717, 1.165) is 18.5 Å². The van der Waals surface area contributed by atoms with Crippen molar-refractivity contribution >= 4 is 39.1 Å². The fraction of sp³-hybridized carbons (Fsp3) is 0.450. The number of hydrogen-bond acceptors (Lipinski definition) is 9. The van der Waals surface area contributed by atoms with Crippen LogP contribution in [0.3, 0.4) is 0 Å². The summed E-state index contributed by atoms with van der Waals surface area (Å²) in [6.07, 6.45) is 4.70. The molecule has 172 valence electrons. The van der Waals surface area contributed by atoms with Gasteiger partial charge in [-0.2, -0.15) is 9.29 Å². The lowest BCUT2D eigenvalue weighted by atomic mass is 10.2. The molecule has 2 heterocycles. The van der Waals surface area contributed by atoms with Crippen LogP contribution >= 0.6 is 0 Å². The number of methoxy groups -OCH3 is 1. The molecule has 32 heavy (non-hydrogen) atoms. The molecule has 1 amide bonds. The van der Waals surface area contributed by atoms with Gasteiger partial charge in [0.25, 0.3) is 5.91 Å². The Morgan fingerprint density at radius 2 is 1.94 bits per heavy atom. The average molecular weight is 462 g/mol. The Kier molecular flexibility index (Phi) is 6.07. The number of piperazine rings is 1. The molecule has 12 heteroatoms. The fourth-order valence-corrected chi connectivity index (χ4v) is 4.39. The first-order chi connectivity index (χ1) is 15.2. The molecule has 1 aromatic heterocycles. The summed E-state index contributed by atoms with van der Waals surface area (Å²) < 4.78 is 30.6. The van der Waals surface area contributed by atoms with Crippen molar-refractivity contribution in [3.05, 3.63) is 30.0 Å². The highest BCUT2D eigenvalue weighted by Gasteiger charge is 2.26. The van der Waals surface area contributed by atoms with Gasteiger partial charge in [0.2, 0.25) is 16.0 Å². The van der Waals surface area contributed by atoms with Gasteiger partial charge in [-0.25, -0.2) is 13.4 Å².